The normalized spacial score (nSPS) is 17.1. The summed E-state index contributed by atoms with van der Waals surface area (Å²) in [6.45, 7) is 2.81. The molecule has 1 amide bonds. The number of piperidine rings is 1. The summed E-state index contributed by atoms with van der Waals surface area (Å²) < 4.78 is 11.8. The second-order valence-electron chi connectivity index (χ2n) is 6.99. The predicted molar refractivity (Wildman–Crippen MR) is 107 cm³/mol. The first kappa shape index (κ1) is 18.6. The van der Waals surface area contributed by atoms with Crippen molar-refractivity contribution in [3.05, 3.63) is 64.9 Å². The van der Waals surface area contributed by atoms with Gasteiger partial charge in [-0.05, 0) is 18.2 Å². The lowest BCUT2D eigenvalue weighted by molar-refractivity contribution is -0.124. The van der Waals surface area contributed by atoms with Crippen LogP contribution in [0, 0.1) is 5.92 Å². The van der Waals surface area contributed by atoms with Crippen molar-refractivity contribution in [2.45, 2.75) is 20.0 Å². The van der Waals surface area contributed by atoms with Crippen LogP contribution in [0.15, 0.2) is 52.9 Å². The van der Waals surface area contributed by atoms with Crippen molar-refractivity contribution >= 4 is 34.3 Å². The van der Waals surface area contributed by atoms with E-state index < -0.39 is 0 Å². The number of hydrogen-bond acceptors (Lipinski definition) is 4. The van der Waals surface area contributed by atoms with Gasteiger partial charge in [0.15, 0.2) is 5.76 Å². The van der Waals surface area contributed by atoms with Crippen molar-refractivity contribution in [3.63, 3.8) is 0 Å². The molecule has 0 bridgehead atoms. The van der Waals surface area contributed by atoms with Crippen LogP contribution in [0.4, 0.5) is 0 Å². The van der Waals surface area contributed by atoms with Crippen molar-refractivity contribution < 1.29 is 18.7 Å². The molecule has 1 aromatic heterocycles. The number of carbonyl (C=O) groups is 2. The molecule has 1 aliphatic heterocycles. The SMILES string of the molecule is CC1CN(C(=O)c2oc3ccccc3c2COc2ccccc2Cl)CCC1=O. The summed E-state index contributed by atoms with van der Waals surface area (Å²) >= 11 is 6.18. The molecule has 4 rings (SSSR count). The quantitative estimate of drug-likeness (QED) is 0.639. The third-order valence-electron chi connectivity index (χ3n) is 5.06. The van der Waals surface area contributed by atoms with Gasteiger partial charge in [-0.25, -0.2) is 0 Å². The Balaban J connectivity index is 1.66. The van der Waals surface area contributed by atoms with Crippen LogP contribution in [-0.2, 0) is 11.4 Å². The highest BCUT2D eigenvalue weighted by molar-refractivity contribution is 6.32. The molecule has 1 unspecified atom stereocenters. The molecule has 0 saturated carbocycles. The molecule has 144 valence electrons. The van der Waals surface area contributed by atoms with E-state index in [0.717, 1.165) is 5.39 Å². The minimum Gasteiger partial charge on any atom is -0.487 e. The molecule has 2 heterocycles. The summed E-state index contributed by atoms with van der Waals surface area (Å²) in [4.78, 5) is 26.6. The number of likely N-dealkylation sites (tertiary alicyclic amines) is 1. The van der Waals surface area contributed by atoms with Gasteiger partial charge < -0.3 is 14.1 Å². The first-order valence-electron chi connectivity index (χ1n) is 9.24. The minimum atomic E-state index is -0.215. The highest BCUT2D eigenvalue weighted by Crippen LogP contribution is 2.31. The fourth-order valence-electron chi connectivity index (χ4n) is 3.47. The van der Waals surface area contributed by atoms with Gasteiger partial charge in [0, 0.05) is 36.4 Å². The van der Waals surface area contributed by atoms with Crippen LogP contribution < -0.4 is 4.74 Å². The van der Waals surface area contributed by atoms with Crippen LogP contribution in [0.25, 0.3) is 11.0 Å². The van der Waals surface area contributed by atoms with E-state index in [9.17, 15) is 9.59 Å². The Morgan fingerprint density at radius 2 is 1.96 bits per heavy atom. The first-order chi connectivity index (χ1) is 13.5. The largest absolute Gasteiger partial charge is 0.487 e. The second-order valence-corrected chi connectivity index (χ2v) is 7.40. The summed E-state index contributed by atoms with van der Waals surface area (Å²) in [7, 11) is 0. The number of ether oxygens (including phenoxy) is 1. The maximum Gasteiger partial charge on any atom is 0.290 e. The minimum absolute atomic E-state index is 0.157. The summed E-state index contributed by atoms with van der Waals surface area (Å²) in [6, 6.07) is 14.7. The van der Waals surface area contributed by atoms with Gasteiger partial charge in [0.2, 0.25) is 0 Å². The number of Topliss-reactive ketones (excluding diaryl/α,β-unsaturated/α-hetero) is 1. The smallest absolute Gasteiger partial charge is 0.290 e. The van der Waals surface area contributed by atoms with Crippen LogP contribution in [0.3, 0.4) is 0 Å². The monoisotopic (exact) mass is 397 g/mol. The molecule has 28 heavy (non-hydrogen) atoms. The molecule has 6 heteroatoms. The Morgan fingerprint density at radius 1 is 1.21 bits per heavy atom. The van der Waals surface area contributed by atoms with E-state index in [4.69, 9.17) is 20.8 Å². The van der Waals surface area contributed by atoms with E-state index >= 15 is 0 Å². The molecule has 0 N–H and O–H groups in total. The zero-order valence-electron chi connectivity index (χ0n) is 15.5. The average Bonchev–Trinajstić information content (AvgIpc) is 3.07. The van der Waals surface area contributed by atoms with Gasteiger partial charge in [0.25, 0.3) is 5.91 Å². The summed E-state index contributed by atoms with van der Waals surface area (Å²) in [5.41, 5.74) is 1.31. The van der Waals surface area contributed by atoms with E-state index in [-0.39, 0.29) is 30.0 Å². The van der Waals surface area contributed by atoms with Crippen molar-refractivity contribution in [1.29, 1.82) is 0 Å². The molecule has 1 saturated heterocycles. The van der Waals surface area contributed by atoms with E-state index in [0.29, 0.717) is 41.4 Å². The third-order valence-corrected chi connectivity index (χ3v) is 5.37. The number of fused-ring (bicyclic) bond motifs is 1. The van der Waals surface area contributed by atoms with Gasteiger partial charge >= 0.3 is 0 Å². The molecular formula is C22H20ClNO4. The topological polar surface area (TPSA) is 59.8 Å². The Morgan fingerprint density at radius 3 is 2.75 bits per heavy atom. The summed E-state index contributed by atoms with van der Waals surface area (Å²) in [5, 5.41) is 1.34. The lowest BCUT2D eigenvalue weighted by Crippen LogP contribution is -2.43. The zero-order chi connectivity index (χ0) is 19.7. The molecule has 1 aliphatic rings. The Bertz CT molecular complexity index is 1040. The molecule has 3 aromatic rings. The Kier molecular flexibility index (Phi) is 5.09. The van der Waals surface area contributed by atoms with Crippen molar-refractivity contribution in [2.75, 3.05) is 13.1 Å². The fourth-order valence-corrected chi connectivity index (χ4v) is 3.66. The number of furan rings is 1. The molecule has 2 aromatic carbocycles. The number of para-hydroxylation sites is 2. The van der Waals surface area contributed by atoms with E-state index in [2.05, 4.69) is 0 Å². The molecule has 1 fully saturated rings. The van der Waals surface area contributed by atoms with Crippen LogP contribution in [0.2, 0.25) is 5.02 Å². The molecule has 5 nitrogen and oxygen atoms in total. The Hall–Kier alpha value is -2.79. The van der Waals surface area contributed by atoms with Gasteiger partial charge in [0.05, 0.1) is 5.02 Å². The van der Waals surface area contributed by atoms with E-state index in [1.807, 2.05) is 43.3 Å². The number of amides is 1. The fraction of sp³-hybridized carbons (Fsp3) is 0.273. The van der Waals surface area contributed by atoms with Crippen LogP contribution in [0.1, 0.15) is 29.5 Å². The number of nitrogens with zero attached hydrogens (tertiary/aromatic N) is 1. The number of hydrogen-bond donors (Lipinski definition) is 0. The summed E-state index contributed by atoms with van der Waals surface area (Å²) in [5.74, 6) is 0.619. The number of carbonyl (C=O) groups excluding carboxylic acids is 2. The van der Waals surface area contributed by atoms with Gasteiger partial charge in [-0.1, -0.05) is 48.9 Å². The zero-order valence-corrected chi connectivity index (χ0v) is 16.2. The molecular weight excluding hydrogens is 378 g/mol. The standard InChI is InChI=1S/C22H20ClNO4/c1-14-12-24(11-10-18(14)25)22(26)21-16(15-6-2-4-8-19(15)28-21)13-27-20-9-5-3-7-17(20)23/h2-9,14H,10-13H2,1H3. The lowest BCUT2D eigenvalue weighted by Gasteiger charge is -2.29. The van der Waals surface area contributed by atoms with Crippen molar-refractivity contribution in [2.24, 2.45) is 5.92 Å². The van der Waals surface area contributed by atoms with Gasteiger partial charge in [-0.3, -0.25) is 9.59 Å². The van der Waals surface area contributed by atoms with Crippen molar-refractivity contribution in [1.82, 2.24) is 4.90 Å². The van der Waals surface area contributed by atoms with Gasteiger partial charge in [-0.15, -0.1) is 0 Å². The van der Waals surface area contributed by atoms with Gasteiger partial charge in [0.1, 0.15) is 23.7 Å². The molecule has 0 spiro atoms. The third kappa shape index (κ3) is 3.50. The van der Waals surface area contributed by atoms with E-state index in [1.54, 1.807) is 17.0 Å². The predicted octanol–water partition coefficient (Wildman–Crippen LogP) is 4.72. The average molecular weight is 398 g/mol. The molecule has 0 aliphatic carbocycles. The van der Waals surface area contributed by atoms with Crippen LogP contribution >= 0.6 is 11.6 Å². The Labute approximate surface area is 167 Å². The lowest BCUT2D eigenvalue weighted by atomic mass is 9.98. The van der Waals surface area contributed by atoms with Crippen LogP contribution in [0.5, 0.6) is 5.75 Å². The highest BCUT2D eigenvalue weighted by atomic mass is 35.5. The summed E-state index contributed by atoms with van der Waals surface area (Å²) in [6.07, 6.45) is 0.374. The first-order valence-corrected chi connectivity index (χ1v) is 9.62. The van der Waals surface area contributed by atoms with Gasteiger partial charge in [-0.2, -0.15) is 0 Å². The number of ketones is 1. The highest BCUT2D eigenvalue weighted by Gasteiger charge is 2.31. The molecule has 1 atom stereocenters. The maximum absolute atomic E-state index is 13.2. The van der Waals surface area contributed by atoms with Crippen LogP contribution in [-0.4, -0.2) is 29.7 Å². The number of benzene rings is 2. The van der Waals surface area contributed by atoms with E-state index in [1.165, 1.54) is 0 Å². The van der Waals surface area contributed by atoms with Crippen molar-refractivity contribution in [3.8, 4) is 5.75 Å². The maximum atomic E-state index is 13.2. The number of rotatable bonds is 4. The molecule has 0 radical (unpaired) electrons. The number of halogens is 1. The second kappa shape index (κ2) is 7.68.